The molecular formula is C44H24N4. The van der Waals surface area contributed by atoms with E-state index in [2.05, 4.69) is 120 Å². The van der Waals surface area contributed by atoms with E-state index >= 15 is 0 Å². The van der Waals surface area contributed by atoms with Gasteiger partial charge in [0.2, 0.25) is 0 Å². The highest BCUT2D eigenvalue weighted by molar-refractivity contribution is 6.37. The third-order valence-electron chi connectivity index (χ3n) is 10.1. The van der Waals surface area contributed by atoms with Gasteiger partial charge in [0.25, 0.3) is 0 Å². The Kier molecular flexibility index (Phi) is 5.08. The first kappa shape index (κ1) is 25.6. The maximum absolute atomic E-state index is 4.93. The van der Waals surface area contributed by atoms with Crippen LogP contribution in [0.1, 0.15) is 0 Å². The average Bonchev–Trinajstić information content (AvgIpc) is 3.15. The second-order valence-electron chi connectivity index (χ2n) is 12.7. The molecular weight excluding hydrogens is 585 g/mol. The fourth-order valence-corrected chi connectivity index (χ4v) is 7.93. The molecule has 0 saturated carbocycles. The van der Waals surface area contributed by atoms with E-state index in [1.165, 1.54) is 64.6 Å². The van der Waals surface area contributed by atoms with Gasteiger partial charge in [0.1, 0.15) is 0 Å². The van der Waals surface area contributed by atoms with Crippen molar-refractivity contribution < 1.29 is 0 Å². The number of hydrogen-bond acceptors (Lipinski definition) is 4. The van der Waals surface area contributed by atoms with Crippen LogP contribution in [0, 0.1) is 0 Å². The number of nitrogens with zero attached hydrogens (tertiary/aromatic N) is 4. The Morgan fingerprint density at radius 1 is 0.312 bits per heavy atom. The van der Waals surface area contributed by atoms with Gasteiger partial charge in [0.05, 0.1) is 11.0 Å². The van der Waals surface area contributed by atoms with Crippen LogP contribution in [0.3, 0.4) is 0 Å². The van der Waals surface area contributed by atoms with E-state index in [-0.39, 0.29) is 0 Å². The third kappa shape index (κ3) is 3.54. The molecule has 3 heterocycles. The molecule has 0 amide bonds. The molecule has 0 aliphatic rings. The van der Waals surface area contributed by atoms with E-state index in [1.807, 2.05) is 30.9 Å². The van der Waals surface area contributed by atoms with Gasteiger partial charge in [-0.25, -0.2) is 9.97 Å². The van der Waals surface area contributed by atoms with Crippen molar-refractivity contribution in [2.24, 2.45) is 0 Å². The Morgan fingerprint density at radius 2 is 0.812 bits per heavy atom. The van der Waals surface area contributed by atoms with E-state index in [0.29, 0.717) is 5.82 Å². The van der Waals surface area contributed by atoms with Crippen LogP contribution in [0.5, 0.6) is 0 Å². The van der Waals surface area contributed by atoms with Crippen molar-refractivity contribution in [2.75, 3.05) is 0 Å². The molecule has 0 saturated heterocycles. The maximum atomic E-state index is 4.93. The van der Waals surface area contributed by atoms with Crippen LogP contribution >= 0.6 is 0 Å². The van der Waals surface area contributed by atoms with Crippen LogP contribution in [-0.2, 0) is 0 Å². The summed E-state index contributed by atoms with van der Waals surface area (Å²) in [5, 5.41) is 17.2. The Bertz CT molecular complexity index is 3100. The van der Waals surface area contributed by atoms with Crippen LogP contribution in [0.2, 0.25) is 0 Å². The van der Waals surface area contributed by atoms with Gasteiger partial charge in [0, 0.05) is 52.3 Å². The summed E-state index contributed by atoms with van der Waals surface area (Å²) in [5.74, 6) is 0.696. The fraction of sp³-hybridized carbons (Fsp3) is 0. The molecule has 220 valence electrons. The molecule has 0 radical (unpaired) electrons. The lowest BCUT2D eigenvalue weighted by Crippen LogP contribution is -1.93. The number of pyridine rings is 2. The van der Waals surface area contributed by atoms with Gasteiger partial charge in [-0.15, -0.1) is 0 Å². The minimum Gasteiger partial charge on any atom is -0.254 e. The van der Waals surface area contributed by atoms with E-state index in [0.717, 1.165) is 38.5 Å². The van der Waals surface area contributed by atoms with Crippen molar-refractivity contribution in [1.29, 1.82) is 0 Å². The van der Waals surface area contributed by atoms with Crippen LogP contribution in [0.4, 0.5) is 0 Å². The molecule has 0 N–H and O–H groups in total. The van der Waals surface area contributed by atoms with E-state index in [4.69, 9.17) is 15.0 Å². The topological polar surface area (TPSA) is 51.6 Å². The SMILES string of the molecule is c1cnc2c(c1)ccc1cc(-c3cnc(-c4cc5ccc6cccc7c8cccc9ccc%10cccc(c(c4)c5c67)c%10c98)nc3)cnc12. The summed E-state index contributed by atoms with van der Waals surface area (Å²) in [6, 6.07) is 44.0. The molecule has 0 bridgehead atoms. The Hall–Kier alpha value is -6.52. The highest BCUT2D eigenvalue weighted by atomic mass is 14.9. The summed E-state index contributed by atoms with van der Waals surface area (Å²) in [6.07, 6.45) is 7.53. The first-order chi connectivity index (χ1) is 23.8. The van der Waals surface area contributed by atoms with Gasteiger partial charge in [0.15, 0.2) is 5.82 Å². The highest BCUT2D eigenvalue weighted by Gasteiger charge is 2.17. The Balaban J connectivity index is 1.16. The summed E-state index contributed by atoms with van der Waals surface area (Å²) < 4.78 is 0. The lowest BCUT2D eigenvalue weighted by atomic mass is 9.87. The molecule has 4 heteroatoms. The summed E-state index contributed by atoms with van der Waals surface area (Å²) in [5.41, 5.74) is 4.70. The van der Waals surface area contributed by atoms with Crippen LogP contribution in [0.15, 0.2) is 146 Å². The highest BCUT2D eigenvalue weighted by Crippen LogP contribution is 2.44. The third-order valence-corrected chi connectivity index (χ3v) is 10.1. The summed E-state index contributed by atoms with van der Waals surface area (Å²) in [6.45, 7) is 0. The molecule has 3 aromatic heterocycles. The summed E-state index contributed by atoms with van der Waals surface area (Å²) in [4.78, 5) is 19.2. The van der Waals surface area contributed by atoms with Gasteiger partial charge in [-0.1, -0.05) is 97.1 Å². The molecule has 0 aliphatic heterocycles. The zero-order valence-corrected chi connectivity index (χ0v) is 25.6. The number of hydrogen-bond donors (Lipinski definition) is 0. The Labute approximate surface area is 274 Å². The van der Waals surface area contributed by atoms with E-state index < -0.39 is 0 Å². The first-order valence-corrected chi connectivity index (χ1v) is 16.2. The molecule has 4 nitrogen and oxygen atoms in total. The molecule has 8 aromatic carbocycles. The van der Waals surface area contributed by atoms with Gasteiger partial charge < -0.3 is 0 Å². The number of rotatable bonds is 2. The van der Waals surface area contributed by atoms with Crippen molar-refractivity contribution in [3.63, 3.8) is 0 Å². The minimum absolute atomic E-state index is 0.696. The number of benzene rings is 7. The minimum atomic E-state index is 0.696. The second kappa shape index (κ2) is 9.50. The molecule has 0 spiro atoms. The molecule has 0 aliphatic carbocycles. The molecule has 11 aromatic rings. The van der Waals surface area contributed by atoms with E-state index in [9.17, 15) is 0 Å². The van der Waals surface area contributed by atoms with Gasteiger partial charge in [-0.05, 0) is 88.9 Å². The number of aromatic nitrogens is 4. The molecule has 0 unspecified atom stereocenters. The normalized spacial score (nSPS) is 12.2. The standard InChI is InChI=1S/C44H24N4/c1-5-25-12-13-26-7-3-11-36-37-21-31(19-29-16-14-27-6-2-10-35(39(27)41(29)37)34(9-1)38(25)40(26)36)44-47-23-33(24-48-44)32-20-30-17-15-28-8-4-18-45-42(28)43(30)46-22-32/h1-24H. The molecule has 48 heavy (non-hydrogen) atoms. The van der Waals surface area contributed by atoms with Gasteiger partial charge in [-0.3, -0.25) is 9.97 Å². The smallest absolute Gasteiger partial charge is 0.159 e. The van der Waals surface area contributed by atoms with Crippen molar-refractivity contribution >= 4 is 86.4 Å². The predicted molar refractivity (Wildman–Crippen MR) is 200 cm³/mol. The second-order valence-corrected chi connectivity index (χ2v) is 12.7. The summed E-state index contributed by atoms with van der Waals surface area (Å²) in [7, 11) is 0. The lowest BCUT2D eigenvalue weighted by Gasteiger charge is -2.16. The molecule has 0 atom stereocenters. The quantitative estimate of drug-likeness (QED) is 0.183. The van der Waals surface area contributed by atoms with Gasteiger partial charge >= 0.3 is 0 Å². The largest absolute Gasteiger partial charge is 0.254 e. The van der Waals surface area contributed by atoms with Gasteiger partial charge in [-0.2, -0.15) is 0 Å². The van der Waals surface area contributed by atoms with Crippen LogP contribution in [-0.4, -0.2) is 19.9 Å². The van der Waals surface area contributed by atoms with Crippen LogP contribution < -0.4 is 0 Å². The monoisotopic (exact) mass is 608 g/mol. The zero-order valence-electron chi connectivity index (χ0n) is 25.6. The Morgan fingerprint density at radius 3 is 1.50 bits per heavy atom. The van der Waals surface area contributed by atoms with Crippen LogP contribution in [0.25, 0.3) is 109 Å². The molecule has 11 rings (SSSR count). The predicted octanol–water partition coefficient (Wildman–Crippen LogP) is 11.3. The molecule has 0 fully saturated rings. The van der Waals surface area contributed by atoms with E-state index in [1.54, 1.807) is 0 Å². The summed E-state index contributed by atoms with van der Waals surface area (Å²) >= 11 is 0. The number of fused-ring (bicyclic) bond motifs is 5. The van der Waals surface area contributed by atoms with Crippen molar-refractivity contribution in [3.8, 4) is 22.5 Å². The van der Waals surface area contributed by atoms with Crippen molar-refractivity contribution in [1.82, 2.24) is 19.9 Å². The zero-order chi connectivity index (χ0) is 31.3. The lowest BCUT2D eigenvalue weighted by molar-refractivity contribution is 1.18. The van der Waals surface area contributed by atoms with Crippen molar-refractivity contribution in [2.45, 2.75) is 0 Å². The average molecular weight is 609 g/mol. The first-order valence-electron chi connectivity index (χ1n) is 16.2. The van der Waals surface area contributed by atoms with Crippen molar-refractivity contribution in [3.05, 3.63) is 146 Å². The maximum Gasteiger partial charge on any atom is 0.159 e. The fourth-order valence-electron chi connectivity index (χ4n) is 7.93.